The maximum atomic E-state index is 13.2. The van der Waals surface area contributed by atoms with Crippen molar-refractivity contribution in [1.29, 1.82) is 0 Å². The third kappa shape index (κ3) is 4.60. The number of rotatable bonds is 6. The van der Waals surface area contributed by atoms with Gasteiger partial charge in [0.1, 0.15) is 0 Å². The van der Waals surface area contributed by atoms with E-state index < -0.39 is 0 Å². The molecule has 1 N–H and O–H groups in total. The van der Waals surface area contributed by atoms with Gasteiger partial charge in [-0.3, -0.25) is 9.59 Å². The molecule has 148 valence electrons. The van der Waals surface area contributed by atoms with Gasteiger partial charge in [0.25, 0.3) is 11.8 Å². The summed E-state index contributed by atoms with van der Waals surface area (Å²) in [6.45, 7) is 4.72. The summed E-state index contributed by atoms with van der Waals surface area (Å²) in [6.07, 6.45) is 2.87. The minimum Gasteiger partial charge on any atom is -0.336 e. The Morgan fingerprint density at radius 3 is 2.25 bits per heavy atom. The van der Waals surface area contributed by atoms with Gasteiger partial charge in [0, 0.05) is 36.4 Å². The SMILES string of the molecule is CCCN(C(=O)c1cccc(C(=O)N(C)c2ccccc2)c1)C1CCNCC1. The number of anilines is 1. The van der Waals surface area contributed by atoms with Crippen LogP contribution >= 0.6 is 0 Å². The van der Waals surface area contributed by atoms with Crippen molar-refractivity contribution in [1.82, 2.24) is 10.2 Å². The predicted octanol–water partition coefficient (Wildman–Crippen LogP) is 3.57. The highest BCUT2D eigenvalue weighted by Gasteiger charge is 2.26. The molecule has 5 nitrogen and oxygen atoms in total. The average molecular weight is 380 g/mol. The van der Waals surface area contributed by atoms with Gasteiger partial charge in [0.05, 0.1) is 0 Å². The largest absolute Gasteiger partial charge is 0.336 e. The van der Waals surface area contributed by atoms with Crippen LogP contribution in [0.3, 0.4) is 0 Å². The number of hydrogen-bond donors (Lipinski definition) is 1. The fraction of sp³-hybridized carbons (Fsp3) is 0.391. The first-order chi connectivity index (χ1) is 13.6. The zero-order chi connectivity index (χ0) is 19.9. The lowest BCUT2D eigenvalue weighted by atomic mass is 10.0. The van der Waals surface area contributed by atoms with Crippen molar-refractivity contribution < 1.29 is 9.59 Å². The van der Waals surface area contributed by atoms with Crippen molar-refractivity contribution in [2.45, 2.75) is 32.2 Å². The molecule has 2 aromatic rings. The molecule has 0 bridgehead atoms. The van der Waals surface area contributed by atoms with Crippen molar-refractivity contribution in [2.24, 2.45) is 0 Å². The Morgan fingerprint density at radius 2 is 1.61 bits per heavy atom. The molecule has 0 aromatic heterocycles. The molecule has 1 aliphatic heterocycles. The molecule has 1 saturated heterocycles. The van der Waals surface area contributed by atoms with Crippen LogP contribution in [-0.4, -0.2) is 49.4 Å². The normalized spacial score (nSPS) is 14.5. The highest BCUT2D eigenvalue weighted by molar-refractivity contribution is 6.07. The Kier molecular flexibility index (Phi) is 6.82. The number of carbonyl (C=O) groups excluding carboxylic acids is 2. The lowest BCUT2D eigenvalue weighted by Crippen LogP contribution is -2.46. The molecule has 0 aliphatic carbocycles. The molecule has 28 heavy (non-hydrogen) atoms. The first-order valence-corrected chi connectivity index (χ1v) is 10.1. The molecule has 0 atom stereocenters. The zero-order valence-electron chi connectivity index (χ0n) is 16.7. The van der Waals surface area contributed by atoms with Crippen molar-refractivity contribution in [2.75, 3.05) is 31.6 Å². The van der Waals surface area contributed by atoms with Gasteiger partial charge in [0.15, 0.2) is 0 Å². The second-order valence-corrected chi connectivity index (χ2v) is 7.26. The third-order valence-corrected chi connectivity index (χ3v) is 5.28. The quantitative estimate of drug-likeness (QED) is 0.835. The average Bonchev–Trinajstić information content (AvgIpc) is 2.77. The highest BCUT2D eigenvalue weighted by atomic mass is 16.2. The number of carbonyl (C=O) groups is 2. The Balaban J connectivity index is 1.81. The fourth-order valence-electron chi connectivity index (χ4n) is 3.72. The molecule has 2 amide bonds. The summed E-state index contributed by atoms with van der Waals surface area (Å²) in [7, 11) is 1.75. The van der Waals surface area contributed by atoms with E-state index in [1.807, 2.05) is 41.3 Å². The highest BCUT2D eigenvalue weighted by Crippen LogP contribution is 2.19. The third-order valence-electron chi connectivity index (χ3n) is 5.28. The van der Waals surface area contributed by atoms with Crippen LogP contribution in [-0.2, 0) is 0 Å². The number of piperidine rings is 1. The molecular weight excluding hydrogens is 350 g/mol. The van der Waals surface area contributed by atoms with Crippen LogP contribution in [0.2, 0.25) is 0 Å². The van der Waals surface area contributed by atoms with Crippen LogP contribution < -0.4 is 10.2 Å². The van der Waals surface area contributed by atoms with E-state index in [-0.39, 0.29) is 17.9 Å². The first kappa shape index (κ1) is 20.1. The van der Waals surface area contributed by atoms with Gasteiger partial charge < -0.3 is 15.1 Å². The number of hydrogen-bond acceptors (Lipinski definition) is 3. The van der Waals surface area contributed by atoms with E-state index in [1.54, 1.807) is 30.1 Å². The molecule has 0 radical (unpaired) electrons. The van der Waals surface area contributed by atoms with E-state index in [0.29, 0.717) is 11.1 Å². The minimum atomic E-state index is -0.121. The minimum absolute atomic E-state index is 0.0192. The van der Waals surface area contributed by atoms with Gasteiger partial charge in [0.2, 0.25) is 0 Å². The molecule has 2 aromatic carbocycles. The van der Waals surface area contributed by atoms with Gasteiger partial charge in [-0.15, -0.1) is 0 Å². The van der Waals surface area contributed by atoms with Crippen LogP contribution in [0, 0.1) is 0 Å². The van der Waals surface area contributed by atoms with Crippen molar-refractivity contribution in [3.8, 4) is 0 Å². The summed E-state index contributed by atoms with van der Waals surface area (Å²) >= 11 is 0. The van der Waals surface area contributed by atoms with E-state index in [2.05, 4.69) is 12.2 Å². The topological polar surface area (TPSA) is 52.7 Å². The van der Waals surface area contributed by atoms with Gasteiger partial charge in [-0.1, -0.05) is 31.2 Å². The summed E-state index contributed by atoms with van der Waals surface area (Å²) in [5, 5.41) is 3.35. The summed E-state index contributed by atoms with van der Waals surface area (Å²) in [6, 6.07) is 16.9. The molecule has 5 heteroatoms. The maximum Gasteiger partial charge on any atom is 0.258 e. The van der Waals surface area contributed by atoms with Crippen LogP contribution in [0.1, 0.15) is 46.9 Å². The van der Waals surface area contributed by atoms with Crippen LogP contribution in [0.15, 0.2) is 54.6 Å². The summed E-state index contributed by atoms with van der Waals surface area (Å²) in [5.41, 5.74) is 1.94. The number of para-hydroxylation sites is 1. The van der Waals surface area contributed by atoms with E-state index >= 15 is 0 Å². The van der Waals surface area contributed by atoms with Gasteiger partial charge in [-0.2, -0.15) is 0 Å². The number of benzene rings is 2. The lowest BCUT2D eigenvalue weighted by Gasteiger charge is -2.34. The van der Waals surface area contributed by atoms with E-state index in [0.717, 1.165) is 44.6 Å². The summed E-state index contributed by atoms with van der Waals surface area (Å²) < 4.78 is 0. The lowest BCUT2D eigenvalue weighted by molar-refractivity contribution is 0.0642. The Morgan fingerprint density at radius 1 is 0.964 bits per heavy atom. The van der Waals surface area contributed by atoms with Gasteiger partial charge in [-0.25, -0.2) is 0 Å². The Hall–Kier alpha value is -2.66. The number of nitrogens with one attached hydrogen (secondary N) is 1. The first-order valence-electron chi connectivity index (χ1n) is 10.1. The second-order valence-electron chi connectivity index (χ2n) is 7.26. The van der Waals surface area contributed by atoms with E-state index in [4.69, 9.17) is 0 Å². The van der Waals surface area contributed by atoms with Crippen LogP contribution in [0.25, 0.3) is 0 Å². The number of nitrogens with zero attached hydrogens (tertiary/aromatic N) is 2. The van der Waals surface area contributed by atoms with Crippen LogP contribution in [0.5, 0.6) is 0 Å². The molecule has 1 heterocycles. The smallest absolute Gasteiger partial charge is 0.258 e. The van der Waals surface area contributed by atoms with Gasteiger partial charge >= 0.3 is 0 Å². The molecule has 0 saturated carbocycles. The summed E-state index contributed by atoms with van der Waals surface area (Å²) in [4.78, 5) is 29.7. The second kappa shape index (κ2) is 9.51. The maximum absolute atomic E-state index is 13.2. The molecular formula is C23H29N3O2. The Bertz CT molecular complexity index is 801. The van der Waals surface area contributed by atoms with E-state index in [9.17, 15) is 9.59 Å². The zero-order valence-corrected chi connectivity index (χ0v) is 16.7. The molecule has 3 rings (SSSR count). The summed E-state index contributed by atoms with van der Waals surface area (Å²) in [5.74, 6) is -0.101. The molecule has 1 fully saturated rings. The monoisotopic (exact) mass is 379 g/mol. The molecule has 1 aliphatic rings. The standard InChI is InChI=1S/C23H29N3O2/c1-3-16-26(21-12-14-24-15-13-21)23(28)19-9-7-8-18(17-19)22(27)25(2)20-10-5-4-6-11-20/h4-11,17,21,24H,3,12-16H2,1-2H3. The fourth-order valence-corrected chi connectivity index (χ4v) is 3.72. The van der Waals surface area contributed by atoms with Crippen molar-refractivity contribution >= 4 is 17.5 Å². The van der Waals surface area contributed by atoms with E-state index in [1.165, 1.54) is 0 Å². The number of amides is 2. The Labute approximate surface area is 167 Å². The van der Waals surface area contributed by atoms with Gasteiger partial charge in [-0.05, 0) is 62.7 Å². The van der Waals surface area contributed by atoms with Crippen molar-refractivity contribution in [3.63, 3.8) is 0 Å². The van der Waals surface area contributed by atoms with Crippen molar-refractivity contribution in [3.05, 3.63) is 65.7 Å². The molecule has 0 unspecified atom stereocenters. The molecule has 0 spiro atoms. The predicted molar refractivity (Wildman–Crippen MR) is 113 cm³/mol. The van der Waals surface area contributed by atoms with Crippen LogP contribution in [0.4, 0.5) is 5.69 Å².